The maximum absolute atomic E-state index is 11.1. The number of hydrogen-bond acceptors (Lipinski definition) is 1. The Kier molecular flexibility index (Phi) is 3.34. The van der Waals surface area contributed by atoms with Crippen LogP contribution in [0.15, 0.2) is 12.7 Å². The average molecular weight is 152 g/mol. The molecule has 0 aliphatic heterocycles. The minimum Gasteiger partial charge on any atom is -0.300 e. The molecule has 1 rings (SSSR count). The van der Waals surface area contributed by atoms with Gasteiger partial charge in [0.25, 0.3) is 0 Å². The first kappa shape index (κ1) is 8.51. The molecule has 1 aliphatic rings. The van der Waals surface area contributed by atoms with Gasteiger partial charge in [-0.1, -0.05) is 12.5 Å². The van der Waals surface area contributed by atoms with Crippen LogP contribution in [0.5, 0.6) is 0 Å². The second kappa shape index (κ2) is 4.32. The number of allylic oxidation sites excluding steroid dienone is 1. The van der Waals surface area contributed by atoms with Gasteiger partial charge in [-0.3, -0.25) is 4.79 Å². The molecule has 0 N–H and O–H groups in total. The summed E-state index contributed by atoms with van der Waals surface area (Å²) in [4.78, 5) is 11.1. The van der Waals surface area contributed by atoms with Gasteiger partial charge < -0.3 is 0 Å². The highest BCUT2D eigenvalue weighted by atomic mass is 16.1. The molecule has 11 heavy (non-hydrogen) atoms. The lowest BCUT2D eigenvalue weighted by Crippen LogP contribution is -2.03. The minimum absolute atomic E-state index is 0.453. The van der Waals surface area contributed by atoms with Crippen molar-refractivity contribution in [3.8, 4) is 0 Å². The molecule has 0 radical (unpaired) electrons. The Morgan fingerprint density at radius 1 is 1.55 bits per heavy atom. The van der Waals surface area contributed by atoms with Gasteiger partial charge >= 0.3 is 0 Å². The summed E-state index contributed by atoms with van der Waals surface area (Å²) in [6, 6.07) is 0. The van der Waals surface area contributed by atoms with E-state index in [0.717, 1.165) is 25.7 Å². The molecule has 1 atom stereocenters. The predicted octanol–water partition coefficient (Wildman–Crippen LogP) is 2.71. The zero-order valence-electron chi connectivity index (χ0n) is 7.01. The van der Waals surface area contributed by atoms with E-state index in [9.17, 15) is 4.79 Å². The number of Topliss-reactive ketones (excluding diaryl/α,β-unsaturated/α-hetero) is 1. The zero-order valence-corrected chi connectivity index (χ0v) is 7.01. The second-order valence-corrected chi connectivity index (χ2v) is 3.38. The van der Waals surface area contributed by atoms with Crippen LogP contribution in [-0.2, 0) is 4.79 Å². The topological polar surface area (TPSA) is 17.1 Å². The van der Waals surface area contributed by atoms with Gasteiger partial charge in [-0.15, -0.1) is 6.58 Å². The van der Waals surface area contributed by atoms with Crippen molar-refractivity contribution in [1.82, 2.24) is 0 Å². The Bertz CT molecular complexity index is 149. The van der Waals surface area contributed by atoms with Gasteiger partial charge in [0.1, 0.15) is 5.78 Å². The fourth-order valence-corrected chi connectivity index (χ4v) is 1.72. The number of carbonyl (C=O) groups excluding carboxylic acids is 1. The van der Waals surface area contributed by atoms with Crippen molar-refractivity contribution in [2.45, 2.75) is 38.5 Å². The standard InChI is InChI=1S/C10H16O/c1-2-5-9-6-3-4-7-10(11)8-9/h2,9H,1,3-8H2. The van der Waals surface area contributed by atoms with Crippen LogP contribution in [0, 0.1) is 5.92 Å². The Morgan fingerprint density at radius 3 is 3.09 bits per heavy atom. The highest BCUT2D eigenvalue weighted by molar-refractivity contribution is 5.78. The van der Waals surface area contributed by atoms with Crippen LogP contribution >= 0.6 is 0 Å². The molecule has 0 amide bonds. The highest BCUT2D eigenvalue weighted by Crippen LogP contribution is 2.23. The number of rotatable bonds is 2. The molecule has 0 aromatic carbocycles. The van der Waals surface area contributed by atoms with E-state index in [4.69, 9.17) is 0 Å². The summed E-state index contributed by atoms with van der Waals surface area (Å²) in [5.41, 5.74) is 0. The smallest absolute Gasteiger partial charge is 0.133 e. The van der Waals surface area contributed by atoms with Gasteiger partial charge in [-0.05, 0) is 25.2 Å². The number of carbonyl (C=O) groups is 1. The van der Waals surface area contributed by atoms with Crippen LogP contribution in [0.4, 0.5) is 0 Å². The molecule has 0 bridgehead atoms. The summed E-state index contributed by atoms with van der Waals surface area (Å²) in [5, 5.41) is 0. The fourth-order valence-electron chi connectivity index (χ4n) is 1.72. The van der Waals surface area contributed by atoms with Crippen molar-refractivity contribution in [3.63, 3.8) is 0 Å². The summed E-state index contributed by atoms with van der Waals surface area (Å²) in [6.45, 7) is 3.70. The SMILES string of the molecule is C=CCC1CCCCC(=O)C1. The first-order valence-corrected chi connectivity index (χ1v) is 4.45. The van der Waals surface area contributed by atoms with Crippen molar-refractivity contribution in [2.75, 3.05) is 0 Å². The molecule has 1 aliphatic carbocycles. The molecular formula is C10H16O. The maximum atomic E-state index is 11.1. The lowest BCUT2D eigenvalue weighted by Gasteiger charge is -2.08. The molecule has 0 spiro atoms. The van der Waals surface area contributed by atoms with E-state index in [2.05, 4.69) is 6.58 Å². The quantitative estimate of drug-likeness (QED) is 0.439. The van der Waals surface area contributed by atoms with Crippen molar-refractivity contribution >= 4 is 5.78 Å². The average Bonchev–Trinajstić information content (AvgIpc) is 2.15. The summed E-state index contributed by atoms with van der Waals surface area (Å²) in [7, 11) is 0. The van der Waals surface area contributed by atoms with Crippen LogP contribution in [-0.4, -0.2) is 5.78 Å². The van der Waals surface area contributed by atoms with Crippen LogP contribution in [0.3, 0.4) is 0 Å². The van der Waals surface area contributed by atoms with Crippen LogP contribution in [0.1, 0.15) is 38.5 Å². The molecule has 0 saturated heterocycles. The Balaban J connectivity index is 2.38. The van der Waals surface area contributed by atoms with E-state index >= 15 is 0 Å². The third kappa shape index (κ3) is 2.87. The third-order valence-electron chi connectivity index (χ3n) is 2.33. The van der Waals surface area contributed by atoms with Crippen molar-refractivity contribution < 1.29 is 4.79 Å². The first-order valence-electron chi connectivity index (χ1n) is 4.45. The normalized spacial score (nSPS) is 26.2. The zero-order chi connectivity index (χ0) is 8.10. The molecule has 1 unspecified atom stereocenters. The molecular weight excluding hydrogens is 136 g/mol. The van der Waals surface area contributed by atoms with Crippen LogP contribution in [0.2, 0.25) is 0 Å². The maximum Gasteiger partial charge on any atom is 0.133 e. The van der Waals surface area contributed by atoms with Crippen LogP contribution in [0.25, 0.3) is 0 Å². The van der Waals surface area contributed by atoms with E-state index < -0.39 is 0 Å². The van der Waals surface area contributed by atoms with E-state index in [0.29, 0.717) is 11.7 Å². The molecule has 1 heteroatoms. The molecule has 62 valence electrons. The Morgan fingerprint density at radius 2 is 2.36 bits per heavy atom. The molecule has 1 fully saturated rings. The number of ketones is 1. The van der Waals surface area contributed by atoms with Gasteiger partial charge in [0.2, 0.25) is 0 Å². The molecule has 0 heterocycles. The predicted molar refractivity (Wildman–Crippen MR) is 46.4 cm³/mol. The van der Waals surface area contributed by atoms with Crippen LogP contribution < -0.4 is 0 Å². The summed E-state index contributed by atoms with van der Waals surface area (Å²) in [6.07, 6.45) is 8.11. The first-order chi connectivity index (χ1) is 5.33. The van der Waals surface area contributed by atoms with Gasteiger partial charge in [-0.25, -0.2) is 0 Å². The lowest BCUT2D eigenvalue weighted by atomic mass is 9.96. The largest absolute Gasteiger partial charge is 0.300 e. The van der Waals surface area contributed by atoms with E-state index in [1.807, 2.05) is 6.08 Å². The monoisotopic (exact) mass is 152 g/mol. The van der Waals surface area contributed by atoms with Gasteiger partial charge in [0, 0.05) is 12.8 Å². The van der Waals surface area contributed by atoms with Gasteiger partial charge in [0.15, 0.2) is 0 Å². The molecule has 0 aromatic rings. The minimum atomic E-state index is 0.453. The fraction of sp³-hybridized carbons (Fsp3) is 0.700. The number of hydrogen-bond donors (Lipinski definition) is 0. The molecule has 0 aromatic heterocycles. The summed E-state index contributed by atoms with van der Waals surface area (Å²) >= 11 is 0. The summed E-state index contributed by atoms with van der Waals surface area (Å²) < 4.78 is 0. The molecule has 1 saturated carbocycles. The lowest BCUT2D eigenvalue weighted by molar-refractivity contribution is -0.119. The Hall–Kier alpha value is -0.590. The van der Waals surface area contributed by atoms with E-state index in [-0.39, 0.29) is 0 Å². The second-order valence-electron chi connectivity index (χ2n) is 3.38. The third-order valence-corrected chi connectivity index (χ3v) is 2.33. The van der Waals surface area contributed by atoms with Gasteiger partial charge in [-0.2, -0.15) is 0 Å². The molecule has 1 nitrogen and oxygen atoms in total. The van der Waals surface area contributed by atoms with Crippen molar-refractivity contribution in [3.05, 3.63) is 12.7 Å². The van der Waals surface area contributed by atoms with E-state index in [1.165, 1.54) is 12.8 Å². The summed E-state index contributed by atoms with van der Waals surface area (Å²) in [5.74, 6) is 1.05. The van der Waals surface area contributed by atoms with Crippen molar-refractivity contribution in [2.24, 2.45) is 5.92 Å². The van der Waals surface area contributed by atoms with E-state index in [1.54, 1.807) is 0 Å². The van der Waals surface area contributed by atoms with Crippen molar-refractivity contribution in [1.29, 1.82) is 0 Å². The highest BCUT2D eigenvalue weighted by Gasteiger charge is 2.15. The Labute approximate surface area is 68.5 Å². The van der Waals surface area contributed by atoms with Gasteiger partial charge in [0.05, 0.1) is 0 Å².